The van der Waals surface area contributed by atoms with E-state index in [0.29, 0.717) is 17.3 Å². The highest BCUT2D eigenvalue weighted by Gasteiger charge is 2.33. The van der Waals surface area contributed by atoms with Gasteiger partial charge in [0, 0.05) is 28.9 Å². The number of benzene rings is 2. The summed E-state index contributed by atoms with van der Waals surface area (Å²) in [6.07, 6.45) is 2.64. The predicted octanol–water partition coefficient (Wildman–Crippen LogP) is 4.16. The van der Waals surface area contributed by atoms with Gasteiger partial charge in [0.2, 0.25) is 10.0 Å². The fourth-order valence-corrected chi connectivity index (χ4v) is 5.42. The van der Waals surface area contributed by atoms with Gasteiger partial charge < -0.3 is 10.1 Å². The van der Waals surface area contributed by atoms with Gasteiger partial charge in [0.05, 0.1) is 7.11 Å². The molecule has 8 heteroatoms. The highest BCUT2D eigenvalue weighted by molar-refractivity contribution is 7.89. The van der Waals surface area contributed by atoms with E-state index in [0.717, 1.165) is 19.3 Å². The number of carbonyl (C=O) groups excluding carboxylic acids is 1. The van der Waals surface area contributed by atoms with E-state index in [1.807, 2.05) is 6.92 Å². The van der Waals surface area contributed by atoms with Crippen LogP contribution in [0.2, 0.25) is 5.02 Å². The number of hydrogen-bond donors (Lipinski definition) is 1. The third-order valence-corrected chi connectivity index (χ3v) is 7.11. The Morgan fingerprint density at radius 2 is 2.00 bits per heavy atom. The van der Waals surface area contributed by atoms with Crippen molar-refractivity contribution in [2.45, 2.75) is 37.1 Å². The average molecular weight is 423 g/mol. The van der Waals surface area contributed by atoms with Gasteiger partial charge in [-0.3, -0.25) is 4.79 Å². The van der Waals surface area contributed by atoms with E-state index in [2.05, 4.69) is 5.32 Å². The maximum absolute atomic E-state index is 13.3. The first-order chi connectivity index (χ1) is 13.3. The Labute approximate surface area is 170 Å². The van der Waals surface area contributed by atoms with Crippen LogP contribution < -0.4 is 10.1 Å². The summed E-state index contributed by atoms with van der Waals surface area (Å²) in [5.74, 6) is -0.204. The Balaban J connectivity index is 1.94. The zero-order valence-electron chi connectivity index (χ0n) is 15.8. The second kappa shape index (κ2) is 8.51. The SMILES string of the molecule is COc1ccc(C(=O)Nc2cccc(Cl)c2)cc1S(=O)(=O)N1CCCCC1C. The third kappa shape index (κ3) is 4.32. The van der Waals surface area contributed by atoms with E-state index < -0.39 is 15.9 Å². The minimum Gasteiger partial charge on any atom is -0.495 e. The quantitative estimate of drug-likeness (QED) is 0.784. The highest BCUT2D eigenvalue weighted by atomic mass is 35.5. The van der Waals surface area contributed by atoms with E-state index in [1.165, 1.54) is 29.6 Å². The van der Waals surface area contributed by atoms with Crippen molar-refractivity contribution in [3.63, 3.8) is 0 Å². The molecule has 6 nitrogen and oxygen atoms in total. The van der Waals surface area contributed by atoms with Crippen molar-refractivity contribution in [1.29, 1.82) is 0 Å². The van der Waals surface area contributed by atoms with E-state index in [1.54, 1.807) is 24.3 Å². The van der Waals surface area contributed by atoms with Crippen LogP contribution in [0.25, 0.3) is 0 Å². The standard InChI is InChI=1S/C20H23ClN2O4S/c1-14-6-3-4-11-23(14)28(25,26)19-12-15(9-10-18(19)27-2)20(24)22-17-8-5-7-16(21)13-17/h5,7-10,12-14H,3-4,6,11H2,1-2H3,(H,22,24). The largest absolute Gasteiger partial charge is 0.495 e. The summed E-state index contributed by atoms with van der Waals surface area (Å²) in [4.78, 5) is 12.6. The number of halogens is 1. The third-order valence-electron chi connectivity index (χ3n) is 4.84. The molecule has 3 rings (SSSR count). The molecule has 150 valence electrons. The van der Waals surface area contributed by atoms with Crippen molar-refractivity contribution < 1.29 is 17.9 Å². The summed E-state index contributed by atoms with van der Waals surface area (Å²) in [6, 6.07) is 11.1. The number of sulfonamides is 1. The van der Waals surface area contributed by atoms with Crippen molar-refractivity contribution in [3.8, 4) is 5.75 Å². The molecule has 0 bridgehead atoms. The molecule has 2 aromatic rings. The number of carbonyl (C=O) groups is 1. The van der Waals surface area contributed by atoms with Crippen molar-refractivity contribution in [3.05, 3.63) is 53.1 Å². The van der Waals surface area contributed by atoms with Gasteiger partial charge in [-0.2, -0.15) is 4.31 Å². The monoisotopic (exact) mass is 422 g/mol. The predicted molar refractivity (Wildman–Crippen MR) is 110 cm³/mol. The van der Waals surface area contributed by atoms with Crippen LogP contribution in [0.3, 0.4) is 0 Å². The van der Waals surface area contributed by atoms with Gasteiger partial charge in [-0.05, 0) is 56.2 Å². The van der Waals surface area contributed by atoms with Gasteiger partial charge in [0.15, 0.2) is 0 Å². The number of nitrogens with zero attached hydrogens (tertiary/aromatic N) is 1. The lowest BCUT2D eigenvalue weighted by Crippen LogP contribution is -2.42. The number of hydrogen-bond acceptors (Lipinski definition) is 4. The summed E-state index contributed by atoms with van der Waals surface area (Å²) in [5, 5.41) is 3.23. The van der Waals surface area contributed by atoms with Crippen molar-refractivity contribution >= 4 is 33.2 Å². The topological polar surface area (TPSA) is 75.7 Å². The fraction of sp³-hybridized carbons (Fsp3) is 0.350. The lowest BCUT2D eigenvalue weighted by Gasteiger charge is -2.32. The minimum atomic E-state index is -3.78. The van der Waals surface area contributed by atoms with Gasteiger partial charge in [-0.15, -0.1) is 0 Å². The number of nitrogens with one attached hydrogen (secondary N) is 1. The number of amides is 1. The lowest BCUT2D eigenvalue weighted by atomic mass is 10.1. The molecule has 1 atom stereocenters. The molecular formula is C20H23ClN2O4S. The summed E-state index contributed by atoms with van der Waals surface area (Å²) in [6.45, 7) is 2.37. The van der Waals surface area contributed by atoms with Crippen molar-refractivity contribution in [2.24, 2.45) is 0 Å². The summed E-state index contributed by atoms with van der Waals surface area (Å²) >= 11 is 5.95. The van der Waals surface area contributed by atoms with Crippen LogP contribution in [0.4, 0.5) is 5.69 Å². The van der Waals surface area contributed by atoms with Crippen LogP contribution in [0.1, 0.15) is 36.5 Å². The van der Waals surface area contributed by atoms with Gasteiger partial charge in [0.25, 0.3) is 5.91 Å². The molecule has 0 saturated carbocycles. The highest BCUT2D eigenvalue weighted by Crippen LogP contribution is 2.32. The molecule has 2 aromatic carbocycles. The number of rotatable bonds is 5. The molecule has 1 heterocycles. The Bertz CT molecular complexity index is 978. The normalized spacial score (nSPS) is 17.9. The molecule has 1 aliphatic heterocycles. The molecule has 1 fully saturated rings. The van der Waals surface area contributed by atoms with E-state index in [4.69, 9.17) is 16.3 Å². The number of anilines is 1. The van der Waals surface area contributed by atoms with Crippen LogP contribution in [-0.4, -0.2) is 38.3 Å². The molecule has 28 heavy (non-hydrogen) atoms. The fourth-order valence-electron chi connectivity index (χ4n) is 3.34. The number of piperidine rings is 1. The van der Waals surface area contributed by atoms with Crippen LogP contribution in [-0.2, 0) is 10.0 Å². The first-order valence-electron chi connectivity index (χ1n) is 9.09. The molecule has 1 amide bonds. The zero-order chi connectivity index (χ0) is 20.3. The molecule has 1 N–H and O–H groups in total. The van der Waals surface area contributed by atoms with E-state index in [-0.39, 0.29) is 22.3 Å². The van der Waals surface area contributed by atoms with Gasteiger partial charge in [-0.1, -0.05) is 24.1 Å². The Hall–Kier alpha value is -2.09. The summed E-state index contributed by atoms with van der Waals surface area (Å²) < 4.78 is 33.3. The van der Waals surface area contributed by atoms with Gasteiger partial charge >= 0.3 is 0 Å². The van der Waals surface area contributed by atoms with Crippen LogP contribution in [0, 0.1) is 0 Å². The Kier molecular flexibility index (Phi) is 6.27. The second-order valence-electron chi connectivity index (χ2n) is 6.79. The molecule has 0 aromatic heterocycles. The summed E-state index contributed by atoms with van der Waals surface area (Å²) in [5.41, 5.74) is 0.756. The Morgan fingerprint density at radius 3 is 2.68 bits per heavy atom. The van der Waals surface area contributed by atoms with Crippen LogP contribution in [0.15, 0.2) is 47.4 Å². The molecule has 1 aliphatic rings. The van der Waals surface area contributed by atoms with E-state index >= 15 is 0 Å². The van der Waals surface area contributed by atoms with Gasteiger partial charge in [-0.25, -0.2) is 8.42 Å². The van der Waals surface area contributed by atoms with Gasteiger partial charge in [0.1, 0.15) is 10.6 Å². The minimum absolute atomic E-state index is 0.00231. The first kappa shape index (κ1) is 20.6. The maximum atomic E-state index is 13.3. The number of methoxy groups -OCH3 is 1. The lowest BCUT2D eigenvalue weighted by molar-refractivity contribution is 0.102. The maximum Gasteiger partial charge on any atom is 0.255 e. The molecule has 0 aliphatic carbocycles. The molecule has 0 spiro atoms. The summed E-state index contributed by atoms with van der Waals surface area (Å²) in [7, 11) is -2.37. The van der Waals surface area contributed by atoms with Crippen LogP contribution in [0.5, 0.6) is 5.75 Å². The van der Waals surface area contributed by atoms with E-state index in [9.17, 15) is 13.2 Å². The molecule has 0 radical (unpaired) electrons. The average Bonchev–Trinajstić information content (AvgIpc) is 2.67. The molecule has 1 unspecified atom stereocenters. The molecular weight excluding hydrogens is 400 g/mol. The smallest absolute Gasteiger partial charge is 0.255 e. The Morgan fingerprint density at radius 1 is 1.21 bits per heavy atom. The first-order valence-corrected chi connectivity index (χ1v) is 10.9. The second-order valence-corrected chi connectivity index (χ2v) is 9.09. The van der Waals surface area contributed by atoms with Crippen molar-refractivity contribution in [1.82, 2.24) is 4.31 Å². The van der Waals surface area contributed by atoms with Crippen LogP contribution >= 0.6 is 11.6 Å². The zero-order valence-corrected chi connectivity index (χ0v) is 17.4. The number of ether oxygens (including phenoxy) is 1. The molecule has 1 saturated heterocycles. The van der Waals surface area contributed by atoms with Crippen molar-refractivity contribution in [2.75, 3.05) is 19.0 Å².